The van der Waals surface area contributed by atoms with Gasteiger partial charge in [-0.1, -0.05) is 53.7 Å². The number of piperidine rings is 1. The molecule has 7 nitrogen and oxygen atoms in total. The smallest absolute Gasteiger partial charge is 0.263 e. The molecule has 0 saturated carbocycles. The molecule has 8 heteroatoms. The highest BCUT2D eigenvalue weighted by Gasteiger charge is 2.67. The molecule has 0 N–H and O–H groups in total. The molecule has 3 aliphatic rings. The number of benzene rings is 3. The lowest BCUT2D eigenvalue weighted by Crippen LogP contribution is -2.68. The van der Waals surface area contributed by atoms with Gasteiger partial charge in [0.1, 0.15) is 17.3 Å². The van der Waals surface area contributed by atoms with E-state index in [1.54, 1.807) is 11.8 Å². The fourth-order valence-corrected chi connectivity index (χ4v) is 5.68. The van der Waals surface area contributed by atoms with Gasteiger partial charge in [-0.2, -0.15) is 0 Å². The summed E-state index contributed by atoms with van der Waals surface area (Å²) in [6.07, 6.45) is 0.204. The molecule has 0 aliphatic carbocycles. The van der Waals surface area contributed by atoms with Crippen LogP contribution < -0.4 is 9.47 Å². The highest BCUT2D eigenvalue weighted by Crippen LogP contribution is 2.51. The number of carbonyl (C=O) groups is 2. The lowest BCUT2D eigenvalue weighted by molar-refractivity contribution is -0.165. The number of halogens is 1. The standard InChI is InChI=1S/C30H27FN2O5/c1-20(36-23-10-6-3-7-11-23)28(35)33-16-14-29(15-17-33)30(19-25(32-38-30)21-8-4-2-5-9-21)27(34)24-18-22(31)12-13-26(24)37-29/h2-13,18,20H,14-17,19H2,1H3. The summed E-state index contributed by atoms with van der Waals surface area (Å²) in [5.41, 5.74) is -0.916. The van der Waals surface area contributed by atoms with E-state index in [0.29, 0.717) is 43.1 Å². The van der Waals surface area contributed by atoms with Gasteiger partial charge >= 0.3 is 0 Å². The van der Waals surface area contributed by atoms with Crippen LogP contribution in [0.3, 0.4) is 0 Å². The summed E-state index contributed by atoms with van der Waals surface area (Å²) in [5.74, 6) is -0.0821. The lowest BCUT2D eigenvalue weighted by Gasteiger charge is -2.51. The summed E-state index contributed by atoms with van der Waals surface area (Å²) in [5, 5.41) is 4.33. The Morgan fingerprint density at radius 1 is 1.03 bits per heavy atom. The van der Waals surface area contributed by atoms with Gasteiger partial charge in [-0.05, 0) is 42.8 Å². The number of ketones is 1. The number of fused-ring (bicyclic) bond motifs is 2. The molecule has 1 amide bonds. The van der Waals surface area contributed by atoms with Crippen molar-refractivity contribution in [2.75, 3.05) is 13.1 Å². The SMILES string of the molecule is CC(Oc1ccccc1)C(=O)N1CCC2(CC1)Oc1ccc(F)cc1C(=O)C21CC(c2ccccc2)=NO1. The number of hydrogen-bond donors (Lipinski definition) is 0. The molecule has 194 valence electrons. The molecule has 3 aliphatic heterocycles. The number of hydrogen-bond acceptors (Lipinski definition) is 6. The van der Waals surface area contributed by atoms with Crippen molar-refractivity contribution in [1.29, 1.82) is 0 Å². The third kappa shape index (κ3) is 3.91. The topological polar surface area (TPSA) is 77.4 Å². The van der Waals surface area contributed by atoms with Crippen LogP contribution in [-0.4, -0.2) is 52.7 Å². The van der Waals surface area contributed by atoms with Crippen LogP contribution in [0.25, 0.3) is 0 Å². The van der Waals surface area contributed by atoms with Gasteiger partial charge in [0, 0.05) is 32.4 Å². The van der Waals surface area contributed by atoms with Gasteiger partial charge in [-0.15, -0.1) is 0 Å². The number of amides is 1. The maximum atomic E-state index is 14.2. The van der Waals surface area contributed by atoms with Crippen molar-refractivity contribution < 1.29 is 28.3 Å². The van der Waals surface area contributed by atoms with Gasteiger partial charge < -0.3 is 19.2 Å². The fraction of sp³-hybridized carbons (Fsp3) is 0.300. The van der Waals surface area contributed by atoms with Crippen molar-refractivity contribution in [3.63, 3.8) is 0 Å². The largest absolute Gasteiger partial charge is 0.482 e. The molecule has 0 aromatic heterocycles. The number of para-hydroxylation sites is 1. The van der Waals surface area contributed by atoms with E-state index in [-0.39, 0.29) is 23.7 Å². The van der Waals surface area contributed by atoms with Crippen molar-refractivity contribution in [1.82, 2.24) is 4.90 Å². The Hall–Kier alpha value is -4.20. The van der Waals surface area contributed by atoms with Crippen LogP contribution in [0.5, 0.6) is 11.5 Å². The van der Waals surface area contributed by atoms with Gasteiger partial charge in [0.25, 0.3) is 5.91 Å². The van der Waals surface area contributed by atoms with E-state index in [0.717, 1.165) is 5.56 Å². The Balaban J connectivity index is 1.27. The number of ether oxygens (including phenoxy) is 2. The zero-order chi connectivity index (χ0) is 26.3. The fourth-order valence-electron chi connectivity index (χ4n) is 5.68. The number of nitrogens with zero attached hydrogens (tertiary/aromatic N) is 2. The first-order valence-corrected chi connectivity index (χ1v) is 12.8. The van der Waals surface area contributed by atoms with Crippen LogP contribution in [-0.2, 0) is 9.63 Å². The number of oxime groups is 1. The first-order chi connectivity index (χ1) is 18.4. The minimum absolute atomic E-state index is 0.142. The van der Waals surface area contributed by atoms with Gasteiger partial charge in [0.15, 0.2) is 11.7 Å². The summed E-state index contributed by atoms with van der Waals surface area (Å²) in [6, 6.07) is 22.7. The molecule has 3 aromatic rings. The average Bonchev–Trinajstić information content (AvgIpc) is 3.41. The third-order valence-corrected chi connectivity index (χ3v) is 7.72. The molecule has 0 bridgehead atoms. The van der Waals surface area contributed by atoms with Crippen molar-refractivity contribution in [2.24, 2.45) is 5.16 Å². The summed E-state index contributed by atoms with van der Waals surface area (Å²) in [4.78, 5) is 35.0. The van der Waals surface area contributed by atoms with Crippen molar-refractivity contribution in [3.8, 4) is 11.5 Å². The molecule has 0 radical (unpaired) electrons. The van der Waals surface area contributed by atoms with Crippen molar-refractivity contribution >= 4 is 17.4 Å². The van der Waals surface area contributed by atoms with E-state index >= 15 is 0 Å². The number of Topliss-reactive ketones (excluding diaryl/α,β-unsaturated/α-hetero) is 1. The van der Waals surface area contributed by atoms with Crippen molar-refractivity contribution in [3.05, 3.63) is 95.8 Å². The Bertz CT molecular complexity index is 1400. The van der Waals surface area contributed by atoms with E-state index in [1.807, 2.05) is 60.7 Å². The number of likely N-dealkylation sites (tertiary alicyclic amines) is 1. The van der Waals surface area contributed by atoms with Crippen LogP contribution in [0.15, 0.2) is 84.0 Å². The minimum atomic E-state index is -1.46. The minimum Gasteiger partial charge on any atom is -0.482 e. The van der Waals surface area contributed by atoms with E-state index in [9.17, 15) is 14.0 Å². The first kappa shape index (κ1) is 24.2. The van der Waals surface area contributed by atoms with Gasteiger partial charge in [0.2, 0.25) is 11.4 Å². The molecule has 1 saturated heterocycles. The molecule has 3 heterocycles. The Morgan fingerprint density at radius 3 is 2.42 bits per heavy atom. The Labute approximate surface area is 219 Å². The summed E-state index contributed by atoms with van der Waals surface area (Å²) < 4.78 is 26.5. The zero-order valence-corrected chi connectivity index (χ0v) is 20.9. The average molecular weight is 515 g/mol. The van der Waals surface area contributed by atoms with E-state index in [4.69, 9.17) is 14.3 Å². The molecule has 1 fully saturated rings. The Kier molecular flexibility index (Phi) is 5.90. The molecular weight excluding hydrogens is 487 g/mol. The lowest BCUT2D eigenvalue weighted by atomic mass is 9.67. The monoisotopic (exact) mass is 514 g/mol. The van der Waals surface area contributed by atoms with E-state index in [1.165, 1.54) is 18.2 Å². The number of rotatable bonds is 4. The molecule has 2 unspecified atom stereocenters. The first-order valence-electron chi connectivity index (χ1n) is 12.8. The molecule has 2 spiro atoms. The molecular formula is C30H27FN2O5. The molecule has 6 rings (SSSR count). The van der Waals surface area contributed by atoms with Gasteiger partial charge in [-0.25, -0.2) is 4.39 Å². The maximum absolute atomic E-state index is 14.2. The van der Waals surface area contributed by atoms with Gasteiger partial charge in [-0.3, -0.25) is 9.59 Å². The summed E-state index contributed by atoms with van der Waals surface area (Å²) >= 11 is 0. The highest BCUT2D eigenvalue weighted by atomic mass is 19.1. The van der Waals surface area contributed by atoms with Crippen LogP contribution in [0.4, 0.5) is 4.39 Å². The van der Waals surface area contributed by atoms with E-state index in [2.05, 4.69) is 5.16 Å². The van der Waals surface area contributed by atoms with E-state index < -0.39 is 23.1 Å². The predicted molar refractivity (Wildman–Crippen MR) is 138 cm³/mol. The van der Waals surface area contributed by atoms with Crippen LogP contribution in [0.1, 0.15) is 42.1 Å². The summed E-state index contributed by atoms with van der Waals surface area (Å²) in [7, 11) is 0. The second-order valence-electron chi connectivity index (χ2n) is 9.96. The highest BCUT2D eigenvalue weighted by molar-refractivity contribution is 6.13. The number of carbonyl (C=O) groups excluding carboxylic acids is 2. The Morgan fingerprint density at radius 2 is 1.71 bits per heavy atom. The van der Waals surface area contributed by atoms with Crippen LogP contribution in [0.2, 0.25) is 0 Å². The molecule has 3 aromatic carbocycles. The maximum Gasteiger partial charge on any atom is 0.263 e. The third-order valence-electron chi connectivity index (χ3n) is 7.72. The van der Waals surface area contributed by atoms with Crippen LogP contribution in [0, 0.1) is 5.82 Å². The second-order valence-corrected chi connectivity index (χ2v) is 9.96. The normalized spacial score (nSPS) is 22.3. The zero-order valence-electron chi connectivity index (χ0n) is 20.9. The van der Waals surface area contributed by atoms with Gasteiger partial charge in [0.05, 0.1) is 11.3 Å². The summed E-state index contributed by atoms with van der Waals surface area (Å²) in [6.45, 7) is 2.42. The molecule has 2 atom stereocenters. The quantitative estimate of drug-likeness (QED) is 0.500. The second kappa shape index (κ2) is 9.28. The van der Waals surface area contributed by atoms with Crippen molar-refractivity contribution in [2.45, 2.75) is 43.5 Å². The molecule has 38 heavy (non-hydrogen) atoms. The predicted octanol–water partition coefficient (Wildman–Crippen LogP) is 4.79. The van der Waals surface area contributed by atoms with Crippen LogP contribution >= 0.6 is 0 Å².